The van der Waals surface area contributed by atoms with Crippen LogP contribution in [0.4, 0.5) is 0 Å². The Morgan fingerprint density at radius 3 is 2.42 bits per heavy atom. The second kappa shape index (κ2) is 11.2. The minimum atomic E-state index is -0.796. The van der Waals surface area contributed by atoms with E-state index in [0.717, 1.165) is 13.0 Å². The zero-order valence-electron chi connectivity index (χ0n) is 12.9. The maximum Gasteiger partial charge on any atom is 0.320 e. The van der Waals surface area contributed by atoms with Gasteiger partial charge in [-0.1, -0.05) is 47.0 Å². The van der Waals surface area contributed by atoms with E-state index in [0.29, 0.717) is 18.9 Å². The fourth-order valence-corrected chi connectivity index (χ4v) is 2.03. The summed E-state index contributed by atoms with van der Waals surface area (Å²) >= 11 is 0. The van der Waals surface area contributed by atoms with E-state index in [1.165, 1.54) is 19.3 Å². The third-order valence-corrected chi connectivity index (χ3v) is 3.28. The molecule has 0 aliphatic carbocycles. The second-order valence-electron chi connectivity index (χ2n) is 5.49. The smallest absolute Gasteiger partial charge is 0.320 e. The van der Waals surface area contributed by atoms with Crippen LogP contribution in [0.2, 0.25) is 0 Å². The molecule has 0 aromatic carbocycles. The third kappa shape index (κ3) is 9.91. The molecule has 2 N–H and O–H groups in total. The van der Waals surface area contributed by atoms with Crippen molar-refractivity contribution in [2.24, 2.45) is 5.92 Å². The van der Waals surface area contributed by atoms with Gasteiger partial charge in [0.25, 0.3) is 0 Å². The van der Waals surface area contributed by atoms with Crippen LogP contribution >= 0.6 is 0 Å². The van der Waals surface area contributed by atoms with Gasteiger partial charge in [0.1, 0.15) is 6.04 Å². The van der Waals surface area contributed by atoms with Crippen molar-refractivity contribution in [3.63, 3.8) is 0 Å². The van der Waals surface area contributed by atoms with Crippen LogP contribution in [0.3, 0.4) is 0 Å². The summed E-state index contributed by atoms with van der Waals surface area (Å²) in [5.74, 6) is -0.184. The SMILES string of the molecule is CCCCC(CC)COCCC(NC(C)C)C(=O)O. The van der Waals surface area contributed by atoms with Crippen molar-refractivity contribution < 1.29 is 14.6 Å². The molecule has 0 aromatic rings. The van der Waals surface area contributed by atoms with E-state index in [9.17, 15) is 4.79 Å². The Morgan fingerprint density at radius 2 is 1.95 bits per heavy atom. The minimum Gasteiger partial charge on any atom is -0.480 e. The average Bonchev–Trinajstić information content (AvgIpc) is 2.35. The normalized spacial score (nSPS) is 14.6. The first-order valence-electron chi connectivity index (χ1n) is 7.57. The van der Waals surface area contributed by atoms with Crippen molar-refractivity contribution in [1.29, 1.82) is 0 Å². The highest BCUT2D eigenvalue weighted by Gasteiger charge is 2.17. The van der Waals surface area contributed by atoms with Gasteiger partial charge in [-0.3, -0.25) is 4.79 Å². The van der Waals surface area contributed by atoms with Gasteiger partial charge in [-0.2, -0.15) is 0 Å². The van der Waals surface area contributed by atoms with Gasteiger partial charge in [-0.15, -0.1) is 0 Å². The first kappa shape index (κ1) is 18.4. The second-order valence-corrected chi connectivity index (χ2v) is 5.49. The summed E-state index contributed by atoms with van der Waals surface area (Å²) in [6.07, 6.45) is 5.33. The van der Waals surface area contributed by atoms with E-state index < -0.39 is 12.0 Å². The molecule has 114 valence electrons. The van der Waals surface area contributed by atoms with Gasteiger partial charge in [0, 0.05) is 19.3 Å². The van der Waals surface area contributed by atoms with E-state index in [1.807, 2.05) is 13.8 Å². The lowest BCUT2D eigenvalue weighted by molar-refractivity contribution is -0.140. The zero-order valence-corrected chi connectivity index (χ0v) is 12.9. The highest BCUT2D eigenvalue weighted by atomic mass is 16.5. The van der Waals surface area contributed by atoms with E-state index >= 15 is 0 Å². The quantitative estimate of drug-likeness (QED) is 0.537. The molecular formula is C15H31NO3. The third-order valence-electron chi connectivity index (χ3n) is 3.28. The lowest BCUT2D eigenvalue weighted by Gasteiger charge is -2.18. The standard InChI is InChI=1S/C15H31NO3/c1-5-7-8-13(6-2)11-19-10-9-14(15(17)18)16-12(3)4/h12-14,16H,5-11H2,1-4H3,(H,17,18). The van der Waals surface area contributed by atoms with Crippen molar-refractivity contribution in [2.45, 2.75) is 71.9 Å². The Kier molecular flexibility index (Phi) is 10.9. The van der Waals surface area contributed by atoms with Gasteiger partial charge in [0.2, 0.25) is 0 Å². The summed E-state index contributed by atoms with van der Waals surface area (Å²) in [5, 5.41) is 12.1. The van der Waals surface area contributed by atoms with Gasteiger partial charge >= 0.3 is 5.97 Å². The number of aliphatic carboxylic acids is 1. The van der Waals surface area contributed by atoms with Crippen LogP contribution in [0.5, 0.6) is 0 Å². The van der Waals surface area contributed by atoms with Gasteiger partial charge in [-0.05, 0) is 18.8 Å². The van der Waals surface area contributed by atoms with Crippen LogP contribution < -0.4 is 5.32 Å². The largest absolute Gasteiger partial charge is 0.480 e. The highest BCUT2D eigenvalue weighted by Crippen LogP contribution is 2.13. The van der Waals surface area contributed by atoms with Gasteiger partial charge in [0.05, 0.1) is 0 Å². The summed E-state index contributed by atoms with van der Waals surface area (Å²) in [6.45, 7) is 9.56. The Labute approximate surface area is 117 Å². The van der Waals surface area contributed by atoms with Gasteiger partial charge < -0.3 is 15.2 Å². The van der Waals surface area contributed by atoms with Crippen molar-refractivity contribution in [2.75, 3.05) is 13.2 Å². The van der Waals surface area contributed by atoms with Gasteiger partial charge in [0.15, 0.2) is 0 Å². The van der Waals surface area contributed by atoms with Crippen LogP contribution in [0, 0.1) is 5.92 Å². The molecule has 0 spiro atoms. The molecule has 0 radical (unpaired) electrons. The fraction of sp³-hybridized carbons (Fsp3) is 0.933. The lowest BCUT2D eigenvalue weighted by Crippen LogP contribution is -2.41. The number of nitrogens with one attached hydrogen (secondary N) is 1. The summed E-state index contributed by atoms with van der Waals surface area (Å²) < 4.78 is 5.64. The molecule has 0 fully saturated rings. The highest BCUT2D eigenvalue weighted by molar-refractivity contribution is 5.73. The molecule has 2 unspecified atom stereocenters. The predicted octanol–water partition coefficient (Wildman–Crippen LogP) is 3.06. The number of rotatable bonds is 12. The molecule has 0 saturated carbocycles. The molecule has 0 bridgehead atoms. The number of hydrogen-bond acceptors (Lipinski definition) is 3. The molecule has 0 aliphatic heterocycles. The molecule has 0 rings (SSSR count). The van der Waals surface area contributed by atoms with Gasteiger partial charge in [-0.25, -0.2) is 0 Å². The molecule has 4 heteroatoms. The van der Waals surface area contributed by atoms with E-state index in [2.05, 4.69) is 19.2 Å². The number of ether oxygens (including phenoxy) is 1. The average molecular weight is 273 g/mol. The molecular weight excluding hydrogens is 242 g/mol. The Hall–Kier alpha value is -0.610. The van der Waals surface area contributed by atoms with Crippen LogP contribution in [0.25, 0.3) is 0 Å². The molecule has 19 heavy (non-hydrogen) atoms. The van der Waals surface area contributed by atoms with Crippen LogP contribution in [0.15, 0.2) is 0 Å². The first-order valence-corrected chi connectivity index (χ1v) is 7.57. The number of carboxylic acid groups (broad SMARTS) is 1. The van der Waals surface area contributed by atoms with Crippen LogP contribution in [0.1, 0.15) is 59.8 Å². The maximum atomic E-state index is 11.0. The van der Waals surface area contributed by atoms with E-state index in [-0.39, 0.29) is 6.04 Å². The maximum absolute atomic E-state index is 11.0. The Morgan fingerprint density at radius 1 is 1.26 bits per heavy atom. The van der Waals surface area contributed by atoms with E-state index in [1.54, 1.807) is 0 Å². The summed E-state index contributed by atoms with van der Waals surface area (Å²) in [6, 6.07) is -0.329. The Balaban J connectivity index is 3.82. The summed E-state index contributed by atoms with van der Waals surface area (Å²) in [7, 11) is 0. The van der Waals surface area contributed by atoms with Crippen molar-refractivity contribution in [1.82, 2.24) is 5.32 Å². The number of carbonyl (C=O) groups is 1. The fourth-order valence-electron chi connectivity index (χ4n) is 2.03. The molecule has 0 amide bonds. The van der Waals surface area contributed by atoms with E-state index in [4.69, 9.17) is 9.84 Å². The number of hydrogen-bond donors (Lipinski definition) is 2. The Bertz CT molecular complexity index is 231. The zero-order chi connectivity index (χ0) is 14.7. The molecule has 4 nitrogen and oxygen atoms in total. The molecule has 0 aliphatic rings. The molecule has 2 atom stereocenters. The number of carboxylic acids is 1. The lowest BCUT2D eigenvalue weighted by atomic mass is 10.0. The van der Waals surface area contributed by atoms with Crippen molar-refractivity contribution in [3.8, 4) is 0 Å². The minimum absolute atomic E-state index is 0.175. The first-order chi connectivity index (χ1) is 9.01. The van der Waals surface area contributed by atoms with Crippen molar-refractivity contribution >= 4 is 5.97 Å². The monoisotopic (exact) mass is 273 g/mol. The topological polar surface area (TPSA) is 58.6 Å². The molecule has 0 saturated heterocycles. The molecule has 0 heterocycles. The summed E-state index contributed by atoms with van der Waals surface area (Å²) in [5.41, 5.74) is 0. The van der Waals surface area contributed by atoms with Crippen molar-refractivity contribution in [3.05, 3.63) is 0 Å². The van der Waals surface area contributed by atoms with Crippen LogP contribution in [-0.4, -0.2) is 36.4 Å². The summed E-state index contributed by atoms with van der Waals surface area (Å²) in [4.78, 5) is 11.0. The predicted molar refractivity (Wildman–Crippen MR) is 78.4 cm³/mol. The number of unbranched alkanes of at least 4 members (excludes halogenated alkanes) is 1. The van der Waals surface area contributed by atoms with Crippen LogP contribution in [-0.2, 0) is 9.53 Å². The molecule has 0 aromatic heterocycles.